The molecule has 4 bridgehead atoms. The van der Waals surface area contributed by atoms with Crippen LogP contribution in [0.4, 0.5) is 0 Å². The monoisotopic (exact) mass is 246 g/mol. The highest BCUT2D eigenvalue weighted by Crippen LogP contribution is 2.57. The van der Waals surface area contributed by atoms with Crippen LogP contribution < -0.4 is 0 Å². The Morgan fingerprint density at radius 1 is 1.06 bits per heavy atom. The number of ether oxygens (including phenoxy) is 1. The fraction of sp³-hybridized carbons (Fsp3) is 1.00. The van der Waals surface area contributed by atoms with E-state index in [0.29, 0.717) is 0 Å². The van der Waals surface area contributed by atoms with Crippen molar-refractivity contribution in [2.45, 2.75) is 44.1 Å². The van der Waals surface area contributed by atoms with Gasteiger partial charge in [-0.2, -0.15) is 8.42 Å². The van der Waals surface area contributed by atoms with E-state index in [1.807, 2.05) is 0 Å². The summed E-state index contributed by atoms with van der Waals surface area (Å²) in [4.78, 5) is 0. The van der Waals surface area contributed by atoms with Crippen molar-refractivity contribution in [1.29, 1.82) is 0 Å². The molecule has 0 amide bonds. The third-order valence-electron chi connectivity index (χ3n) is 4.50. The van der Waals surface area contributed by atoms with Crippen molar-refractivity contribution < 1.29 is 17.7 Å². The van der Waals surface area contributed by atoms with Crippen molar-refractivity contribution in [2.24, 2.45) is 17.8 Å². The lowest BCUT2D eigenvalue weighted by Crippen LogP contribution is -2.52. The minimum Gasteiger partial charge on any atom is -0.357 e. The van der Waals surface area contributed by atoms with Crippen LogP contribution >= 0.6 is 0 Å². The Balaban J connectivity index is 1.74. The van der Waals surface area contributed by atoms with Crippen molar-refractivity contribution in [3.05, 3.63) is 0 Å². The molecule has 4 aliphatic rings. The lowest BCUT2D eigenvalue weighted by molar-refractivity contribution is -0.151. The minimum absolute atomic E-state index is 0.232. The zero-order valence-corrected chi connectivity index (χ0v) is 10.1. The number of hydrogen-bond donors (Lipinski definition) is 1. The van der Waals surface area contributed by atoms with Gasteiger partial charge in [-0.15, -0.1) is 0 Å². The first kappa shape index (κ1) is 11.0. The van der Waals surface area contributed by atoms with Crippen molar-refractivity contribution in [3.8, 4) is 0 Å². The highest BCUT2D eigenvalue weighted by Gasteiger charge is 2.51. The minimum atomic E-state index is -3.99. The van der Waals surface area contributed by atoms with Crippen molar-refractivity contribution in [3.63, 3.8) is 0 Å². The summed E-state index contributed by atoms with van der Waals surface area (Å²) in [6.07, 6.45) is 6.88. The van der Waals surface area contributed by atoms with Gasteiger partial charge in [-0.3, -0.25) is 4.55 Å². The Kier molecular flexibility index (Phi) is 2.36. The van der Waals surface area contributed by atoms with Crippen LogP contribution in [0, 0.1) is 17.8 Å². The predicted molar refractivity (Wildman–Crippen MR) is 58.4 cm³/mol. The van der Waals surface area contributed by atoms with Crippen LogP contribution in [0.1, 0.15) is 38.5 Å². The number of hydrogen-bond acceptors (Lipinski definition) is 3. The summed E-state index contributed by atoms with van der Waals surface area (Å²) in [5, 5.41) is 0. The smallest absolute Gasteiger partial charge is 0.289 e. The van der Waals surface area contributed by atoms with Crippen LogP contribution in [0.3, 0.4) is 0 Å². The van der Waals surface area contributed by atoms with E-state index < -0.39 is 16.1 Å². The molecule has 0 heterocycles. The third-order valence-corrected chi connectivity index (χ3v) is 4.91. The Hall–Kier alpha value is -0.130. The molecule has 4 nitrogen and oxygen atoms in total. The summed E-state index contributed by atoms with van der Waals surface area (Å²) in [6, 6.07) is 0. The zero-order chi connectivity index (χ0) is 11.4. The van der Waals surface area contributed by atoms with E-state index >= 15 is 0 Å². The van der Waals surface area contributed by atoms with E-state index in [1.165, 1.54) is 19.3 Å². The molecule has 0 spiro atoms. The molecule has 16 heavy (non-hydrogen) atoms. The molecular formula is C11H18O4S. The average Bonchev–Trinajstić information content (AvgIpc) is 2.11. The molecule has 0 aliphatic heterocycles. The van der Waals surface area contributed by atoms with Gasteiger partial charge in [-0.1, -0.05) is 0 Å². The van der Waals surface area contributed by atoms with Crippen LogP contribution in [0.25, 0.3) is 0 Å². The quantitative estimate of drug-likeness (QED) is 0.771. The predicted octanol–water partition coefficient (Wildman–Crippen LogP) is 1.82. The normalized spacial score (nSPS) is 46.2. The molecule has 4 aliphatic carbocycles. The highest BCUT2D eigenvalue weighted by molar-refractivity contribution is 7.85. The van der Waals surface area contributed by atoms with E-state index in [1.54, 1.807) is 0 Å². The van der Waals surface area contributed by atoms with Gasteiger partial charge in [-0.25, -0.2) is 0 Å². The maximum Gasteiger partial charge on any atom is 0.289 e. The molecular weight excluding hydrogens is 228 g/mol. The fourth-order valence-corrected chi connectivity index (χ4v) is 4.81. The van der Waals surface area contributed by atoms with Crippen molar-refractivity contribution in [2.75, 3.05) is 5.94 Å². The molecule has 0 radical (unpaired) electrons. The van der Waals surface area contributed by atoms with Gasteiger partial charge in [0.2, 0.25) is 0 Å². The molecule has 0 aromatic rings. The molecule has 0 unspecified atom stereocenters. The SMILES string of the molecule is O=S(=O)(O)COC12CC3CC(CC(C3)C1)C2. The first-order valence-corrected chi connectivity index (χ1v) is 7.64. The molecule has 4 fully saturated rings. The van der Waals surface area contributed by atoms with Gasteiger partial charge in [0.25, 0.3) is 10.1 Å². The Morgan fingerprint density at radius 3 is 1.88 bits per heavy atom. The van der Waals surface area contributed by atoms with Gasteiger partial charge in [0, 0.05) is 0 Å². The molecule has 92 valence electrons. The van der Waals surface area contributed by atoms with Crippen LogP contribution in [-0.4, -0.2) is 24.5 Å². The first-order valence-electron chi connectivity index (χ1n) is 6.03. The summed E-state index contributed by atoms with van der Waals surface area (Å²) in [6.45, 7) is 0. The topological polar surface area (TPSA) is 63.6 Å². The van der Waals surface area contributed by atoms with Crippen molar-refractivity contribution >= 4 is 10.1 Å². The molecule has 5 heteroatoms. The highest BCUT2D eigenvalue weighted by atomic mass is 32.2. The maximum absolute atomic E-state index is 10.8. The van der Waals surface area contributed by atoms with Gasteiger partial charge in [-0.05, 0) is 56.3 Å². The van der Waals surface area contributed by atoms with Crippen LogP contribution in [-0.2, 0) is 14.9 Å². The molecule has 4 rings (SSSR count). The second-order valence-corrected chi connectivity index (χ2v) is 7.34. The van der Waals surface area contributed by atoms with Crippen LogP contribution in [0.5, 0.6) is 0 Å². The first-order chi connectivity index (χ1) is 7.44. The third kappa shape index (κ3) is 2.00. The molecule has 1 N–H and O–H groups in total. The molecule has 4 saturated carbocycles. The van der Waals surface area contributed by atoms with Gasteiger partial charge in [0.15, 0.2) is 5.94 Å². The van der Waals surface area contributed by atoms with Crippen LogP contribution in [0.15, 0.2) is 0 Å². The van der Waals surface area contributed by atoms with E-state index in [9.17, 15) is 8.42 Å². The Morgan fingerprint density at radius 2 is 1.50 bits per heavy atom. The molecule has 0 aromatic heterocycles. The summed E-state index contributed by atoms with van der Waals surface area (Å²) < 4.78 is 35.8. The maximum atomic E-state index is 10.8. The summed E-state index contributed by atoms with van der Waals surface area (Å²) in [7, 11) is -3.99. The second kappa shape index (κ2) is 3.43. The molecule has 0 atom stereocenters. The zero-order valence-electron chi connectivity index (χ0n) is 9.26. The van der Waals surface area contributed by atoms with Crippen LogP contribution in [0.2, 0.25) is 0 Å². The van der Waals surface area contributed by atoms with Gasteiger partial charge in [0.1, 0.15) is 0 Å². The summed E-state index contributed by atoms with van der Waals surface area (Å²) in [5.41, 5.74) is -0.232. The lowest BCUT2D eigenvalue weighted by atomic mass is 9.54. The Labute approximate surface area is 96.1 Å². The standard InChI is InChI=1S/C11H18O4S/c12-16(13,14)7-15-11-4-8-1-9(5-11)3-10(2-8)6-11/h8-10H,1-7H2,(H,12,13,14). The van der Waals surface area contributed by atoms with Gasteiger partial charge < -0.3 is 4.74 Å². The lowest BCUT2D eigenvalue weighted by Gasteiger charge is -2.56. The van der Waals surface area contributed by atoms with E-state index in [4.69, 9.17) is 9.29 Å². The number of rotatable bonds is 3. The molecule has 0 saturated heterocycles. The summed E-state index contributed by atoms with van der Waals surface area (Å²) in [5.74, 6) is 1.66. The summed E-state index contributed by atoms with van der Waals surface area (Å²) >= 11 is 0. The average molecular weight is 246 g/mol. The van der Waals surface area contributed by atoms with E-state index in [0.717, 1.165) is 37.0 Å². The Bertz CT molecular complexity index is 352. The fourth-order valence-electron chi connectivity index (χ4n) is 4.41. The van der Waals surface area contributed by atoms with Crippen molar-refractivity contribution in [1.82, 2.24) is 0 Å². The van der Waals surface area contributed by atoms with Gasteiger partial charge in [0.05, 0.1) is 5.60 Å². The van der Waals surface area contributed by atoms with Gasteiger partial charge >= 0.3 is 0 Å². The largest absolute Gasteiger partial charge is 0.357 e. The van der Waals surface area contributed by atoms with E-state index in [-0.39, 0.29) is 5.60 Å². The second-order valence-electron chi connectivity index (χ2n) is 5.94. The van der Waals surface area contributed by atoms with E-state index in [2.05, 4.69) is 0 Å². The molecule has 0 aromatic carbocycles.